The number of halogens is 4. The summed E-state index contributed by atoms with van der Waals surface area (Å²) in [4.78, 5) is 3.97. The maximum atomic E-state index is 13.5. The molecule has 0 spiro atoms. The van der Waals surface area contributed by atoms with Gasteiger partial charge >= 0.3 is 0 Å². The monoisotopic (exact) mass is 307 g/mol. The first kappa shape index (κ1) is 11.1. The fourth-order valence-corrected chi connectivity index (χ4v) is 2.25. The Morgan fingerprint density at radius 3 is 2.73 bits per heavy atom. The van der Waals surface area contributed by atoms with E-state index in [1.54, 1.807) is 12.1 Å². The first-order valence-electron chi connectivity index (χ1n) is 4.12. The molecule has 0 aliphatic heterocycles. The van der Waals surface area contributed by atoms with Crippen LogP contribution in [0.1, 0.15) is 5.56 Å². The van der Waals surface area contributed by atoms with E-state index in [0.29, 0.717) is 15.4 Å². The van der Waals surface area contributed by atoms with E-state index in [2.05, 4.69) is 20.9 Å². The molecule has 15 heavy (non-hydrogen) atoms. The smallest absolute Gasteiger partial charge is 0.150 e. The fraction of sp³-hybridized carbons (Fsp3) is 0.100. The van der Waals surface area contributed by atoms with E-state index in [0.717, 1.165) is 0 Å². The van der Waals surface area contributed by atoms with Gasteiger partial charge in [-0.2, -0.15) is 0 Å². The van der Waals surface area contributed by atoms with Crippen molar-refractivity contribution < 1.29 is 4.39 Å². The lowest BCUT2D eigenvalue weighted by atomic mass is 10.2. The quantitative estimate of drug-likeness (QED) is 0.557. The zero-order valence-electron chi connectivity index (χ0n) is 7.40. The summed E-state index contributed by atoms with van der Waals surface area (Å²) in [5.74, 6) is -0.141. The molecule has 0 saturated carbocycles. The molecule has 1 nitrogen and oxygen atoms in total. The van der Waals surface area contributed by atoms with Crippen LogP contribution >= 0.6 is 39.1 Å². The SMILES string of the molecule is Fc1cc(Br)cc2cc(CCl)c(Cl)nc12. The molecule has 0 unspecified atom stereocenters. The molecular formula is C10H5BrCl2FN. The number of benzene rings is 1. The highest BCUT2D eigenvalue weighted by Crippen LogP contribution is 2.26. The van der Waals surface area contributed by atoms with Crippen LogP contribution in [0, 0.1) is 5.82 Å². The Balaban J connectivity index is 2.81. The number of alkyl halides is 1. The Morgan fingerprint density at radius 1 is 1.33 bits per heavy atom. The average Bonchev–Trinajstić information content (AvgIpc) is 2.18. The van der Waals surface area contributed by atoms with Crippen LogP contribution in [-0.2, 0) is 5.88 Å². The molecule has 0 radical (unpaired) electrons. The van der Waals surface area contributed by atoms with Crippen LogP contribution in [0.4, 0.5) is 4.39 Å². The number of hydrogen-bond donors (Lipinski definition) is 0. The standard InChI is InChI=1S/C10H5BrCl2FN/c11-7-2-5-1-6(4-12)10(13)15-9(5)8(14)3-7/h1-3H,4H2. The Hall–Kier alpha value is -0.380. The van der Waals surface area contributed by atoms with Crippen LogP contribution in [0.3, 0.4) is 0 Å². The minimum Gasteiger partial charge on any atom is -0.233 e. The maximum Gasteiger partial charge on any atom is 0.150 e. The van der Waals surface area contributed by atoms with Gasteiger partial charge in [0.2, 0.25) is 0 Å². The third-order valence-electron chi connectivity index (χ3n) is 2.01. The number of nitrogens with zero attached hydrogens (tertiary/aromatic N) is 1. The topological polar surface area (TPSA) is 12.9 Å². The van der Waals surface area contributed by atoms with Crippen LogP contribution in [0.5, 0.6) is 0 Å². The number of pyridine rings is 1. The van der Waals surface area contributed by atoms with Gasteiger partial charge in [-0.3, -0.25) is 0 Å². The largest absolute Gasteiger partial charge is 0.233 e. The zero-order valence-corrected chi connectivity index (χ0v) is 10.5. The molecule has 0 aliphatic rings. The molecule has 1 heterocycles. The van der Waals surface area contributed by atoms with E-state index in [-0.39, 0.29) is 16.5 Å². The summed E-state index contributed by atoms with van der Waals surface area (Å²) in [5.41, 5.74) is 0.959. The van der Waals surface area contributed by atoms with Gasteiger partial charge in [0.15, 0.2) is 5.82 Å². The van der Waals surface area contributed by atoms with Crippen molar-refractivity contribution in [1.82, 2.24) is 4.98 Å². The maximum absolute atomic E-state index is 13.5. The molecule has 0 aliphatic carbocycles. The molecule has 0 amide bonds. The molecule has 0 atom stereocenters. The minimum absolute atomic E-state index is 0.249. The number of rotatable bonds is 1. The van der Waals surface area contributed by atoms with Gasteiger partial charge in [-0.1, -0.05) is 27.5 Å². The molecule has 1 aromatic carbocycles. The molecule has 0 bridgehead atoms. The van der Waals surface area contributed by atoms with Crippen molar-refractivity contribution >= 4 is 50.0 Å². The second-order valence-electron chi connectivity index (χ2n) is 3.03. The molecule has 78 valence electrons. The lowest BCUT2D eigenvalue weighted by Crippen LogP contribution is -1.90. The van der Waals surface area contributed by atoms with Crippen LogP contribution < -0.4 is 0 Å². The van der Waals surface area contributed by atoms with Crippen molar-refractivity contribution in [1.29, 1.82) is 0 Å². The third-order valence-corrected chi connectivity index (χ3v) is 3.08. The van der Waals surface area contributed by atoms with Crippen molar-refractivity contribution in [3.8, 4) is 0 Å². The molecule has 0 saturated heterocycles. The minimum atomic E-state index is -0.401. The molecule has 0 fully saturated rings. The summed E-state index contributed by atoms with van der Waals surface area (Å²) < 4.78 is 14.1. The van der Waals surface area contributed by atoms with E-state index in [1.165, 1.54) is 6.07 Å². The van der Waals surface area contributed by atoms with Gasteiger partial charge < -0.3 is 0 Å². The van der Waals surface area contributed by atoms with Crippen LogP contribution in [0.2, 0.25) is 5.15 Å². The lowest BCUT2D eigenvalue weighted by molar-refractivity contribution is 0.636. The fourth-order valence-electron chi connectivity index (χ4n) is 1.32. The van der Waals surface area contributed by atoms with Crippen molar-refractivity contribution in [3.63, 3.8) is 0 Å². The Morgan fingerprint density at radius 2 is 2.07 bits per heavy atom. The van der Waals surface area contributed by atoms with Gasteiger partial charge in [0, 0.05) is 15.4 Å². The summed E-state index contributed by atoms with van der Waals surface area (Å²) in [6, 6.07) is 4.87. The Labute approximate surface area is 104 Å². The van der Waals surface area contributed by atoms with E-state index in [4.69, 9.17) is 23.2 Å². The van der Waals surface area contributed by atoms with Crippen LogP contribution in [0.25, 0.3) is 10.9 Å². The summed E-state index contributed by atoms with van der Waals surface area (Å²) in [5, 5.41) is 0.931. The number of hydrogen-bond acceptors (Lipinski definition) is 1. The summed E-state index contributed by atoms with van der Waals surface area (Å²) in [7, 11) is 0. The van der Waals surface area contributed by atoms with Gasteiger partial charge in [-0.15, -0.1) is 11.6 Å². The predicted molar refractivity (Wildman–Crippen MR) is 64.0 cm³/mol. The zero-order chi connectivity index (χ0) is 11.0. The lowest BCUT2D eigenvalue weighted by Gasteiger charge is -2.04. The molecule has 0 N–H and O–H groups in total. The van der Waals surface area contributed by atoms with Gasteiger partial charge in [0.25, 0.3) is 0 Å². The summed E-state index contributed by atoms with van der Waals surface area (Å²) in [6.45, 7) is 0. The normalized spacial score (nSPS) is 10.9. The first-order chi connectivity index (χ1) is 7.11. The average molecular weight is 309 g/mol. The highest BCUT2D eigenvalue weighted by molar-refractivity contribution is 9.10. The Bertz CT molecular complexity index is 530. The van der Waals surface area contributed by atoms with Crippen molar-refractivity contribution in [2.45, 2.75) is 5.88 Å². The van der Waals surface area contributed by atoms with E-state index in [9.17, 15) is 4.39 Å². The molecule has 5 heteroatoms. The highest BCUT2D eigenvalue weighted by atomic mass is 79.9. The third kappa shape index (κ3) is 2.10. The van der Waals surface area contributed by atoms with E-state index >= 15 is 0 Å². The summed E-state index contributed by atoms with van der Waals surface area (Å²) >= 11 is 14.7. The van der Waals surface area contributed by atoms with Gasteiger partial charge in [-0.05, 0) is 18.2 Å². The second-order valence-corrected chi connectivity index (χ2v) is 4.57. The van der Waals surface area contributed by atoms with E-state index in [1.807, 2.05) is 0 Å². The second kappa shape index (κ2) is 4.24. The van der Waals surface area contributed by atoms with Crippen molar-refractivity contribution in [3.05, 3.63) is 39.2 Å². The van der Waals surface area contributed by atoms with E-state index < -0.39 is 5.82 Å². The Kier molecular flexibility index (Phi) is 3.14. The first-order valence-corrected chi connectivity index (χ1v) is 5.82. The molecule has 1 aromatic heterocycles. The highest BCUT2D eigenvalue weighted by Gasteiger charge is 2.08. The van der Waals surface area contributed by atoms with Crippen LogP contribution in [-0.4, -0.2) is 4.98 Å². The van der Waals surface area contributed by atoms with Gasteiger partial charge in [0.05, 0.1) is 5.88 Å². The van der Waals surface area contributed by atoms with Gasteiger partial charge in [-0.25, -0.2) is 9.37 Å². The van der Waals surface area contributed by atoms with Gasteiger partial charge in [0.1, 0.15) is 10.7 Å². The number of fused-ring (bicyclic) bond motifs is 1. The molecule has 2 aromatic rings. The summed E-state index contributed by atoms with van der Waals surface area (Å²) in [6.07, 6.45) is 0. The molecule has 2 rings (SSSR count). The van der Waals surface area contributed by atoms with Crippen LogP contribution in [0.15, 0.2) is 22.7 Å². The molecular weight excluding hydrogens is 304 g/mol. The predicted octanol–water partition coefficient (Wildman–Crippen LogP) is 4.53. The van der Waals surface area contributed by atoms with Crippen molar-refractivity contribution in [2.75, 3.05) is 0 Å². The number of aromatic nitrogens is 1. The van der Waals surface area contributed by atoms with Crippen molar-refractivity contribution in [2.24, 2.45) is 0 Å².